The summed E-state index contributed by atoms with van der Waals surface area (Å²) in [6.07, 6.45) is 4.60. The highest BCUT2D eigenvalue weighted by atomic mass is 35.5. The first kappa shape index (κ1) is 18.6. The number of nitrogens with zero attached hydrogens (tertiary/aromatic N) is 2. The van der Waals surface area contributed by atoms with E-state index in [0.717, 1.165) is 53.8 Å². The van der Waals surface area contributed by atoms with Crippen LogP contribution in [0.3, 0.4) is 0 Å². The number of carbonyl (C=O) groups is 1. The summed E-state index contributed by atoms with van der Waals surface area (Å²) in [5.74, 6) is 2.22. The van der Waals surface area contributed by atoms with Crippen LogP contribution >= 0.6 is 23.4 Å². The summed E-state index contributed by atoms with van der Waals surface area (Å²) in [7, 11) is 0. The van der Waals surface area contributed by atoms with Gasteiger partial charge < -0.3 is 19.1 Å². The van der Waals surface area contributed by atoms with Gasteiger partial charge in [0.2, 0.25) is 0 Å². The van der Waals surface area contributed by atoms with Gasteiger partial charge >= 0.3 is 0 Å². The average Bonchev–Trinajstić information content (AvgIpc) is 3.21. The van der Waals surface area contributed by atoms with Crippen molar-refractivity contribution < 1.29 is 13.6 Å². The number of hydrogen-bond donors (Lipinski definition) is 1. The Morgan fingerprint density at radius 1 is 1.23 bits per heavy atom. The summed E-state index contributed by atoms with van der Waals surface area (Å²) < 4.78 is 11.6. The molecule has 3 fully saturated rings. The van der Waals surface area contributed by atoms with Gasteiger partial charge in [0.25, 0.3) is 11.9 Å². The topological polar surface area (TPSA) is 71.5 Å². The van der Waals surface area contributed by atoms with Crippen molar-refractivity contribution in [2.45, 2.75) is 36.8 Å². The van der Waals surface area contributed by atoms with Crippen molar-refractivity contribution in [2.24, 2.45) is 11.3 Å². The van der Waals surface area contributed by atoms with Crippen LogP contribution in [-0.4, -0.2) is 35.8 Å². The molecule has 156 valence electrons. The third-order valence-corrected chi connectivity index (χ3v) is 7.70. The molecule has 0 bridgehead atoms. The number of benzene rings is 1. The van der Waals surface area contributed by atoms with Gasteiger partial charge in [0, 0.05) is 35.3 Å². The molecule has 3 heterocycles. The molecule has 3 aromatic rings. The van der Waals surface area contributed by atoms with Crippen LogP contribution in [0.15, 0.2) is 44.3 Å². The molecule has 1 aromatic carbocycles. The minimum Gasteiger partial charge on any atom is -0.445 e. The van der Waals surface area contributed by atoms with Crippen LogP contribution in [-0.2, 0) is 0 Å². The Morgan fingerprint density at radius 3 is 2.87 bits per heavy atom. The molecule has 2 saturated carbocycles. The minimum atomic E-state index is -0.111. The number of carbonyl (C=O) groups excluding carboxylic acids is 1. The zero-order valence-corrected chi connectivity index (χ0v) is 18.0. The number of amides is 1. The highest BCUT2D eigenvalue weighted by Crippen LogP contribution is 2.49. The normalized spacial score (nSPS) is 20.4. The Balaban J connectivity index is 1.00. The lowest BCUT2D eigenvalue weighted by Crippen LogP contribution is -2.66. The van der Waals surface area contributed by atoms with Crippen LogP contribution in [0, 0.1) is 11.3 Å². The first-order chi connectivity index (χ1) is 14.6. The number of halogens is 1. The van der Waals surface area contributed by atoms with Crippen LogP contribution in [0.1, 0.15) is 36.2 Å². The molecule has 1 N–H and O–H groups in total. The lowest BCUT2D eigenvalue weighted by molar-refractivity contribution is 0.0403. The van der Waals surface area contributed by atoms with Crippen LogP contribution < -0.4 is 10.2 Å². The van der Waals surface area contributed by atoms with E-state index in [1.165, 1.54) is 12.8 Å². The van der Waals surface area contributed by atoms with Gasteiger partial charge in [-0.05, 0) is 61.9 Å². The quantitative estimate of drug-likeness (QED) is 0.542. The molecule has 0 atom stereocenters. The van der Waals surface area contributed by atoms with Gasteiger partial charge in [0.1, 0.15) is 5.52 Å². The molecule has 6 nitrogen and oxygen atoms in total. The van der Waals surface area contributed by atoms with Crippen molar-refractivity contribution in [2.75, 3.05) is 23.7 Å². The number of nitrogens with one attached hydrogen (secondary N) is 1. The fourth-order valence-corrected chi connectivity index (χ4v) is 5.74. The second-order valence-electron chi connectivity index (χ2n) is 8.92. The fourth-order valence-electron chi connectivity index (χ4n) is 4.53. The number of anilines is 1. The van der Waals surface area contributed by atoms with Crippen LogP contribution in [0.4, 0.5) is 6.01 Å². The van der Waals surface area contributed by atoms with Gasteiger partial charge in [-0.25, -0.2) is 0 Å². The predicted molar refractivity (Wildman–Crippen MR) is 116 cm³/mol. The standard InChI is InChI=1S/C22H22ClN3O3S/c23-14-3-4-17-16(7-14)25-21(29-17)26-11-22(12-26)8-15(9-22)24-20(27)18-5-6-19(28-18)30-10-13-1-2-13/h3-7,13,15H,1-2,8-12H2,(H,24,27). The van der Waals surface area contributed by atoms with Gasteiger partial charge in [0.05, 0.1) is 0 Å². The third-order valence-electron chi connectivity index (χ3n) is 6.32. The number of furan rings is 1. The van der Waals surface area contributed by atoms with E-state index in [0.29, 0.717) is 16.8 Å². The van der Waals surface area contributed by atoms with Crippen LogP contribution in [0.2, 0.25) is 5.02 Å². The Kier molecular flexibility index (Phi) is 4.32. The molecule has 2 aliphatic carbocycles. The number of oxazole rings is 1. The SMILES string of the molecule is O=C(NC1CC2(C1)CN(c1nc3cc(Cl)ccc3o1)C2)c1ccc(SCC2CC2)o1. The summed E-state index contributed by atoms with van der Waals surface area (Å²) >= 11 is 7.73. The maximum absolute atomic E-state index is 12.5. The van der Waals surface area contributed by atoms with Gasteiger partial charge in [-0.1, -0.05) is 23.4 Å². The first-order valence-corrected chi connectivity index (χ1v) is 11.8. The molecule has 30 heavy (non-hydrogen) atoms. The van der Waals surface area contributed by atoms with Crippen LogP contribution in [0.25, 0.3) is 11.1 Å². The zero-order chi connectivity index (χ0) is 20.3. The summed E-state index contributed by atoms with van der Waals surface area (Å²) in [6, 6.07) is 10.0. The number of rotatable bonds is 6. The lowest BCUT2D eigenvalue weighted by atomic mass is 9.61. The summed E-state index contributed by atoms with van der Waals surface area (Å²) in [6.45, 7) is 1.81. The Hall–Kier alpha value is -2.12. The van der Waals surface area contributed by atoms with E-state index in [2.05, 4.69) is 15.2 Å². The van der Waals surface area contributed by atoms with E-state index < -0.39 is 0 Å². The molecule has 0 unspecified atom stereocenters. The van der Waals surface area contributed by atoms with Crippen molar-refractivity contribution in [3.8, 4) is 0 Å². The van der Waals surface area contributed by atoms with Crippen molar-refractivity contribution in [3.63, 3.8) is 0 Å². The van der Waals surface area contributed by atoms with E-state index in [-0.39, 0.29) is 17.4 Å². The first-order valence-electron chi connectivity index (χ1n) is 10.4. The molecular formula is C22H22ClN3O3S. The molecule has 1 amide bonds. The zero-order valence-electron chi connectivity index (χ0n) is 16.4. The molecule has 3 aliphatic rings. The number of thioether (sulfide) groups is 1. The Labute approximate surface area is 183 Å². The maximum atomic E-state index is 12.5. The van der Waals surface area contributed by atoms with E-state index in [1.807, 2.05) is 24.3 Å². The van der Waals surface area contributed by atoms with Crippen LogP contribution in [0.5, 0.6) is 0 Å². The highest BCUT2D eigenvalue weighted by molar-refractivity contribution is 7.99. The van der Waals surface area contributed by atoms with E-state index in [1.54, 1.807) is 17.8 Å². The van der Waals surface area contributed by atoms with Gasteiger partial charge in [0.15, 0.2) is 16.4 Å². The molecule has 1 aliphatic heterocycles. The Morgan fingerprint density at radius 2 is 2.07 bits per heavy atom. The van der Waals surface area contributed by atoms with Gasteiger partial charge in [-0.2, -0.15) is 4.98 Å². The van der Waals surface area contributed by atoms with E-state index in [9.17, 15) is 4.79 Å². The summed E-state index contributed by atoms with van der Waals surface area (Å²) in [4.78, 5) is 19.2. The number of fused-ring (bicyclic) bond motifs is 1. The minimum absolute atomic E-state index is 0.111. The summed E-state index contributed by atoms with van der Waals surface area (Å²) in [5, 5.41) is 4.61. The number of aromatic nitrogens is 1. The molecule has 6 rings (SSSR count). The van der Waals surface area contributed by atoms with Gasteiger partial charge in [-0.15, -0.1) is 0 Å². The molecule has 2 aromatic heterocycles. The molecule has 8 heteroatoms. The summed E-state index contributed by atoms with van der Waals surface area (Å²) in [5.41, 5.74) is 1.79. The predicted octanol–water partition coefficient (Wildman–Crippen LogP) is 4.98. The van der Waals surface area contributed by atoms with E-state index in [4.69, 9.17) is 20.4 Å². The van der Waals surface area contributed by atoms with Crippen molar-refractivity contribution in [1.82, 2.24) is 10.3 Å². The molecule has 0 radical (unpaired) electrons. The van der Waals surface area contributed by atoms with Gasteiger partial charge in [-0.3, -0.25) is 4.79 Å². The Bertz CT molecular complexity index is 1110. The molecule has 1 spiro atoms. The molecule has 1 saturated heterocycles. The largest absolute Gasteiger partial charge is 0.445 e. The van der Waals surface area contributed by atoms with Crippen molar-refractivity contribution in [3.05, 3.63) is 41.1 Å². The maximum Gasteiger partial charge on any atom is 0.298 e. The molecular weight excluding hydrogens is 422 g/mol. The lowest BCUT2D eigenvalue weighted by Gasteiger charge is -2.58. The van der Waals surface area contributed by atoms with Crippen molar-refractivity contribution in [1.29, 1.82) is 0 Å². The average molecular weight is 444 g/mol. The monoisotopic (exact) mass is 443 g/mol. The third kappa shape index (κ3) is 3.48. The number of hydrogen-bond acceptors (Lipinski definition) is 6. The second kappa shape index (κ2) is 6.95. The van der Waals surface area contributed by atoms with E-state index >= 15 is 0 Å². The van der Waals surface area contributed by atoms with Crippen molar-refractivity contribution >= 4 is 46.4 Å². The fraction of sp³-hybridized carbons (Fsp3) is 0.455. The second-order valence-corrected chi connectivity index (χ2v) is 10.4. The highest BCUT2D eigenvalue weighted by Gasteiger charge is 2.54. The smallest absolute Gasteiger partial charge is 0.298 e.